The van der Waals surface area contributed by atoms with Crippen molar-refractivity contribution in [1.29, 1.82) is 0 Å². The van der Waals surface area contributed by atoms with Crippen molar-refractivity contribution in [1.82, 2.24) is 10.6 Å². The Kier molecular flexibility index (Phi) is 3.68. The topological polar surface area (TPSA) is 24.1 Å². The lowest BCUT2D eigenvalue weighted by Crippen LogP contribution is -2.46. The Morgan fingerprint density at radius 3 is 2.86 bits per heavy atom. The van der Waals surface area contributed by atoms with Gasteiger partial charge in [0.2, 0.25) is 0 Å². The van der Waals surface area contributed by atoms with E-state index in [2.05, 4.69) is 10.6 Å². The summed E-state index contributed by atoms with van der Waals surface area (Å²) >= 11 is 1.94. The second-order valence-corrected chi connectivity index (χ2v) is 5.59. The van der Waals surface area contributed by atoms with E-state index in [9.17, 15) is 4.39 Å². The van der Waals surface area contributed by atoms with Gasteiger partial charge in [-0.1, -0.05) is 0 Å². The molecule has 0 amide bonds. The van der Waals surface area contributed by atoms with Gasteiger partial charge in [-0.05, 0) is 44.5 Å². The molecule has 2 aliphatic heterocycles. The van der Waals surface area contributed by atoms with Gasteiger partial charge in [0.25, 0.3) is 0 Å². The third kappa shape index (κ3) is 2.84. The van der Waals surface area contributed by atoms with E-state index in [-0.39, 0.29) is 0 Å². The molecule has 0 aromatic carbocycles. The summed E-state index contributed by atoms with van der Waals surface area (Å²) in [5.74, 6) is 1.23. The molecule has 0 spiro atoms. The first-order chi connectivity index (χ1) is 6.79. The maximum atomic E-state index is 14.1. The first-order valence-corrected chi connectivity index (χ1v) is 6.58. The molecule has 0 aliphatic carbocycles. The standard InChI is InChI=1S/C10H19FN2S/c11-10(3-5-12-6-4-10)8-13-9-2-1-7-14-9/h9,12-13H,1-8H2. The van der Waals surface area contributed by atoms with Crippen LogP contribution in [0.15, 0.2) is 0 Å². The van der Waals surface area contributed by atoms with Crippen LogP contribution in [0.2, 0.25) is 0 Å². The SMILES string of the molecule is FC1(CNC2CCCS2)CCNCC1. The number of hydrogen-bond acceptors (Lipinski definition) is 3. The lowest BCUT2D eigenvalue weighted by molar-refractivity contribution is 0.113. The van der Waals surface area contributed by atoms with Gasteiger partial charge in [-0.25, -0.2) is 4.39 Å². The summed E-state index contributed by atoms with van der Waals surface area (Å²) in [7, 11) is 0. The fourth-order valence-corrected chi connectivity index (χ4v) is 3.24. The van der Waals surface area contributed by atoms with Crippen LogP contribution in [-0.2, 0) is 0 Å². The number of thioether (sulfide) groups is 1. The summed E-state index contributed by atoms with van der Waals surface area (Å²) in [5, 5.41) is 7.06. The van der Waals surface area contributed by atoms with Gasteiger partial charge >= 0.3 is 0 Å². The molecule has 0 aromatic rings. The van der Waals surface area contributed by atoms with Crippen molar-refractivity contribution in [3.8, 4) is 0 Å². The highest BCUT2D eigenvalue weighted by molar-refractivity contribution is 8.00. The van der Waals surface area contributed by atoms with Crippen molar-refractivity contribution in [2.24, 2.45) is 0 Å². The van der Waals surface area contributed by atoms with Crippen LogP contribution in [0, 0.1) is 0 Å². The van der Waals surface area contributed by atoms with Crippen molar-refractivity contribution in [3.05, 3.63) is 0 Å². The zero-order valence-electron chi connectivity index (χ0n) is 8.52. The normalized spacial score (nSPS) is 31.9. The van der Waals surface area contributed by atoms with Crippen molar-refractivity contribution in [2.75, 3.05) is 25.4 Å². The Hall–Kier alpha value is 0.200. The van der Waals surface area contributed by atoms with E-state index in [0.29, 0.717) is 24.8 Å². The molecule has 2 N–H and O–H groups in total. The average Bonchev–Trinajstić information content (AvgIpc) is 2.69. The van der Waals surface area contributed by atoms with E-state index >= 15 is 0 Å². The highest BCUT2D eigenvalue weighted by atomic mass is 32.2. The molecule has 2 aliphatic rings. The van der Waals surface area contributed by atoms with Crippen LogP contribution < -0.4 is 10.6 Å². The Bertz CT molecular complexity index is 177. The van der Waals surface area contributed by atoms with Crippen LogP contribution in [0.3, 0.4) is 0 Å². The van der Waals surface area contributed by atoms with Gasteiger partial charge in [-0.3, -0.25) is 0 Å². The molecule has 0 saturated carbocycles. The maximum absolute atomic E-state index is 14.1. The average molecular weight is 218 g/mol. The summed E-state index contributed by atoms with van der Waals surface area (Å²) in [4.78, 5) is 0. The molecule has 2 fully saturated rings. The van der Waals surface area contributed by atoms with Crippen molar-refractivity contribution < 1.29 is 4.39 Å². The van der Waals surface area contributed by atoms with Gasteiger partial charge in [-0.15, -0.1) is 11.8 Å². The van der Waals surface area contributed by atoms with E-state index in [0.717, 1.165) is 13.1 Å². The molecule has 0 radical (unpaired) electrons. The quantitative estimate of drug-likeness (QED) is 0.751. The number of halogens is 1. The highest BCUT2D eigenvalue weighted by Crippen LogP contribution is 2.27. The minimum atomic E-state index is -0.950. The lowest BCUT2D eigenvalue weighted by atomic mass is 9.94. The first kappa shape index (κ1) is 10.7. The predicted molar refractivity (Wildman–Crippen MR) is 59.4 cm³/mol. The number of nitrogens with one attached hydrogen (secondary N) is 2. The monoisotopic (exact) mass is 218 g/mol. The Morgan fingerprint density at radius 1 is 1.43 bits per heavy atom. The van der Waals surface area contributed by atoms with E-state index in [1.165, 1.54) is 18.6 Å². The van der Waals surface area contributed by atoms with E-state index in [1.807, 2.05) is 11.8 Å². The summed E-state index contributed by atoms with van der Waals surface area (Å²) in [6.45, 7) is 2.21. The lowest BCUT2D eigenvalue weighted by Gasteiger charge is -2.31. The number of hydrogen-bond donors (Lipinski definition) is 2. The van der Waals surface area contributed by atoms with Crippen molar-refractivity contribution >= 4 is 11.8 Å². The van der Waals surface area contributed by atoms with Crippen LogP contribution in [-0.4, -0.2) is 36.4 Å². The van der Waals surface area contributed by atoms with Gasteiger partial charge < -0.3 is 10.6 Å². The Morgan fingerprint density at radius 2 is 2.21 bits per heavy atom. The van der Waals surface area contributed by atoms with Gasteiger partial charge in [0.05, 0.1) is 5.37 Å². The van der Waals surface area contributed by atoms with Gasteiger partial charge in [0.15, 0.2) is 0 Å². The molecular weight excluding hydrogens is 199 g/mol. The predicted octanol–water partition coefficient (Wildman–Crippen LogP) is 1.52. The van der Waals surface area contributed by atoms with E-state index < -0.39 is 5.67 Å². The van der Waals surface area contributed by atoms with Crippen molar-refractivity contribution in [3.63, 3.8) is 0 Å². The second-order valence-electron chi connectivity index (χ2n) is 4.28. The third-order valence-electron chi connectivity index (χ3n) is 3.08. The summed E-state index contributed by atoms with van der Waals surface area (Å²) in [6, 6.07) is 0. The minimum Gasteiger partial charge on any atom is -0.316 e. The van der Waals surface area contributed by atoms with Crippen LogP contribution in [0.25, 0.3) is 0 Å². The number of piperidine rings is 1. The Labute approximate surface area is 89.4 Å². The molecule has 2 heterocycles. The molecule has 14 heavy (non-hydrogen) atoms. The van der Waals surface area contributed by atoms with Gasteiger partial charge in [-0.2, -0.15) is 0 Å². The summed E-state index contributed by atoms with van der Waals surface area (Å²) in [6.07, 6.45) is 3.82. The third-order valence-corrected chi connectivity index (χ3v) is 4.40. The fourth-order valence-electron chi connectivity index (χ4n) is 2.09. The molecule has 2 nitrogen and oxygen atoms in total. The largest absolute Gasteiger partial charge is 0.316 e. The maximum Gasteiger partial charge on any atom is 0.125 e. The van der Waals surface area contributed by atoms with Crippen LogP contribution in [0.1, 0.15) is 25.7 Å². The zero-order chi connectivity index (χ0) is 9.86. The van der Waals surface area contributed by atoms with Crippen LogP contribution in [0.5, 0.6) is 0 Å². The van der Waals surface area contributed by atoms with Crippen LogP contribution >= 0.6 is 11.8 Å². The van der Waals surface area contributed by atoms with Gasteiger partial charge in [0, 0.05) is 6.54 Å². The molecule has 0 bridgehead atoms. The molecule has 2 rings (SSSR count). The number of rotatable bonds is 3. The highest BCUT2D eigenvalue weighted by Gasteiger charge is 2.32. The Balaban J connectivity index is 1.72. The molecule has 2 saturated heterocycles. The summed E-state index contributed by atoms with van der Waals surface area (Å²) in [5.41, 5.74) is -0.950. The van der Waals surface area contributed by atoms with Crippen molar-refractivity contribution in [2.45, 2.75) is 36.7 Å². The van der Waals surface area contributed by atoms with Crippen LogP contribution in [0.4, 0.5) is 4.39 Å². The molecule has 82 valence electrons. The molecule has 1 unspecified atom stereocenters. The van der Waals surface area contributed by atoms with E-state index in [1.54, 1.807) is 0 Å². The summed E-state index contributed by atoms with van der Waals surface area (Å²) < 4.78 is 14.1. The first-order valence-electron chi connectivity index (χ1n) is 5.53. The molecular formula is C10H19FN2S. The molecule has 1 atom stereocenters. The molecule has 4 heteroatoms. The smallest absolute Gasteiger partial charge is 0.125 e. The second kappa shape index (κ2) is 4.81. The fraction of sp³-hybridized carbons (Fsp3) is 1.00. The minimum absolute atomic E-state index is 0.512. The molecule has 0 aromatic heterocycles. The number of alkyl halides is 1. The zero-order valence-corrected chi connectivity index (χ0v) is 9.34. The van der Waals surface area contributed by atoms with Gasteiger partial charge in [0.1, 0.15) is 5.67 Å². The van der Waals surface area contributed by atoms with E-state index in [4.69, 9.17) is 0 Å².